The zero-order chi connectivity index (χ0) is 40.0. The van der Waals surface area contributed by atoms with Gasteiger partial charge in [-0.05, 0) is 38.5 Å². The van der Waals surface area contributed by atoms with Gasteiger partial charge < -0.3 is 25.2 Å². The number of ether oxygens (including phenoxy) is 2. The fourth-order valence-electron chi connectivity index (χ4n) is 6.06. The highest BCUT2D eigenvalue weighted by atomic mass is 31.2. The first-order valence-electron chi connectivity index (χ1n) is 21.7. The minimum atomic E-state index is -4.71. The molecule has 0 amide bonds. The number of nitrogens with two attached hydrogens (primary N) is 1. The van der Waals surface area contributed by atoms with E-state index in [1.54, 1.807) is 0 Å². The van der Waals surface area contributed by atoms with Crippen LogP contribution in [0, 0.1) is 0 Å². The molecular formula is C42H80NO10P. The SMILES string of the molecule is CCCCCC/C=C\CCCCCCCCCC(=O)O[C@H](COC(=O)CCCCCCCCCCCCCCCCC)COP(=O)(O)OC[C@H](N)C(=O)O. The fraction of sp³-hybridized carbons (Fsp3) is 0.881. The number of aliphatic carboxylic acids is 1. The Balaban J connectivity index is 4.34. The van der Waals surface area contributed by atoms with Crippen LogP contribution in [0.3, 0.4) is 0 Å². The van der Waals surface area contributed by atoms with Crippen molar-refractivity contribution < 1.29 is 47.5 Å². The molecule has 0 aromatic heterocycles. The lowest BCUT2D eigenvalue weighted by Crippen LogP contribution is -2.34. The van der Waals surface area contributed by atoms with Crippen LogP contribution < -0.4 is 5.73 Å². The maximum absolute atomic E-state index is 12.6. The molecule has 0 fully saturated rings. The van der Waals surface area contributed by atoms with E-state index in [0.717, 1.165) is 44.9 Å². The first-order chi connectivity index (χ1) is 26.1. The third-order valence-electron chi connectivity index (χ3n) is 9.51. The van der Waals surface area contributed by atoms with Gasteiger partial charge in [-0.3, -0.25) is 23.4 Å². The van der Waals surface area contributed by atoms with Crippen molar-refractivity contribution in [2.24, 2.45) is 5.73 Å². The average molecular weight is 790 g/mol. The van der Waals surface area contributed by atoms with E-state index in [2.05, 4.69) is 30.5 Å². The minimum Gasteiger partial charge on any atom is -0.480 e. The van der Waals surface area contributed by atoms with Crippen molar-refractivity contribution in [1.29, 1.82) is 0 Å². The summed E-state index contributed by atoms with van der Waals surface area (Å²) in [5.74, 6) is -2.37. The van der Waals surface area contributed by atoms with Crippen molar-refractivity contribution in [1.82, 2.24) is 0 Å². The Morgan fingerprint density at radius 1 is 0.556 bits per heavy atom. The molecule has 4 N–H and O–H groups in total. The Kier molecular flexibility index (Phi) is 36.9. The Morgan fingerprint density at radius 3 is 1.37 bits per heavy atom. The molecule has 0 saturated heterocycles. The number of esters is 2. The van der Waals surface area contributed by atoms with E-state index >= 15 is 0 Å². The van der Waals surface area contributed by atoms with Gasteiger partial charge in [0.25, 0.3) is 0 Å². The maximum atomic E-state index is 12.6. The van der Waals surface area contributed by atoms with Gasteiger partial charge >= 0.3 is 25.7 Å². The van der Waals surface area contributed by atoms with Crippen molar-refractivity contribution in [3.63, 3.8) is 0 Å². The smallest absolute Gasteiger partial charge is 0.472 e. The summed E-state index contributed by atoms with van der Waals surface area (Å²) >= 11 is 0. The number of unbranched alkanes of at least 4 members (excludes halogenated alkanes) is 25. The van der Waals surface area contributed by atoms with Crippen LogP contribution in [0.25, 0.3) is 0 Å². The standard InChI is InChI=1S/C42H80NO10P/c1-3-5-7-9-11-13-15-17-19-21-23-25-27-29-31-33-40(44)50-35-38(36-51-54(48,49)52-37-39(43)42(46)47)53-41(45)34-32-30-28-26-24-22-20-18-16-14-12-10-8-6-4-2/h14,16,38-39H,3-13,15,17-37,43H2,1-2H3,(H,46,47)(H,48,49)/b16-14-/t38-,39+/m1/s1. The molecule has 0 aliphatic heterocycles. The number of carboxylic acid groups (broad SMARTS) is 1. The van der Waals surface area contributed by atoms with Gasteiger partial charge in [0.15, 0.2) is 6.10 Å². The first-order valence-corrected chi connectivity index (χ1v) is 23.2. The molecule has 11 nitrogen and oxygen atoms in total. The van der Waals surface area contributed by atoms with Crippen LogP contribution in [0.15, 0.2) is 12.2 Å². The molecule has 0 saturated carbocycles. The third kappa shape index (κ3) is 37.2. The Morgan fingerprint density at radius 2 is 0.926 bits per heavy atom. The number of hydrogen-bond acceptors (Lipinski definition) is 9. The largest absolute Gasteiger partial charge is 0.480 e. The fourth-order valence-corrected chi connectivity index (χ4v) is 6.84. The van der Waals surface area contributed by atoms with Crippen LogP contribution in [0.1, 0.15) is 206 Å². The summed E-state index contributed by atoms with van der Waals surface area (Å²) < 4.78 is 32.7. The molecule has 0 aliphatic carbocycles. The van der Waals surface area contributed by atoms with Gasteiger partial charge in [-0.2, -0.15) is 0 Å². The molecule has 12 heteroatoms. The lowest BCUT2D eigenvalue weighted by Gasteiger charge is -2.20. The highest BCUT2D eigenvalue weighted by Crippen LogP contribution is 2.43. The zero-order valence-electron chi connectivity index (χ0n) is 34.3. The Hall–Kier alpha value is -1.78. The predicted octanol–water partition coefficient (Wildman–Crippen LogP) is 11.3. The molecule has 0 heterocycles. The number of rotatable bonds is 41. The molecule has 0 aromatic carbocycles. The highest BCUT2D eigenvalue weighted by Gasteiger charge is 2.28. The number of carbonyl (C=O) groups excluding carboxylic acids is 2. The summed E-state index contributed by atoms with van der Waals surface area (Å²) in [5.41, 5.74) is 5.33. The first kappa shape index (κ1) is 52.2. The van der Waals surface area contributed by atoms with Crippen molar-refractivity contribution in [3.8, 4) is 0 Å². The van der Waals surface area contributed by atoms with Crippen molar-refractivity contribution >= 4 is 25.7 Å². The topological polar surface area (TPSA) is 172 Å². The monoisotopic (exact) mass is 790 g/mol. The van der Waals surface area contributed by atoms with E-state index in [4.69, 9.17) is 24.8 Å². The Labute approximate surface area is 328 Å². The summed E-state index contributed by atoms with van der Waals surface area (Å²) in [4.78, 5) is 45.9. The van der Waals surface area contributed by atoms with Gasteiger partial charge in [-0.15, -0.1) is 0 Å². The summed E-state index contributed by atoms with van der Waals surface area (Å²) in [5, 5.41) is 8.88. The molecule has 0 aromatic rings. The number of carbonyl (C=O) groups is 3. The zero-order valence-corrected chi connectivity index (χ0v) is 35.2. The van der Waals surface area contributed by atoms with Gasteiger partial charge in [0.05, 0.1) is 13.2 Å². The number of allylic oxidation sites excluding steroid dienone is 2. The van der Waals surface area contributed by atoms with Gasteiger partial charge in [0, 0.05) is 12.8 Å². The normalized spacial score (nSPS) is 13.9. The third-order valence-corrected chi connectivity index (χ3v) is 10.5. The van der Waals surface area contributed by atoms with E-state index in [1.807, 2.05) is 0 Å². The molecule has 318 valence electrons. The molecule has 0 radical (unpaired) electrons. The molecule has 1 unspecified atom stereocenters. The van der Waals surface area contributed by atoms with Gasteiger partial charge in [-0.1, -0.05) is 167 Å². The van der Waals surface area contributed by atoms with Crippen molar-refractivity contribution in [2.75, 3.05) is 19.8 Å². The number of phosphoric acid groups is 1. The van der Waals surface area contributed by atoms with Crippen LogP contribution in [-0.2, 0) is 37.5 Å². The molecule has 0 bridgehead atoms. The highest BCUT2D eigenvalue weighted by molar-refractivity contribution is 7.47. The van der Waals surface area contributed by atoms with Crippen molar-refractivity contribution in [3.05, 3.63) is 12.2 Å². The maximum Gasteiger partial charge on any atom is 0.472 e. The van der Waals surface area contributed by atoms with E-state index in [1.165, 1.54) is 122 Å². The van der Waals surface area contributed by atoms with E-state index < -0.39 is 51.1 Å². The van der Waals surface area contributed by atoms with E-state index in [9.17, 15) is 23.8 Å². The van der Waals surface area contributed by atoms with Crippen LogP contribution in [0.2, 0.25) is 0 Å². The predicted molar refractivity (Wildman–Crippen MR) is 217 cm³/mol. The number of hydrogen-bond donors (Lipinski definition) is 3. The van der Waals surface area contributed by atoms with Gasteiger partial charge in [0.1, 0.15) is 12.6 Å². The van der Waals surface area contributed by atoms with Crippen LogP contribution in [0.5, 0.6) is 0 Å². The molecular weight excluding hydrogens is 709 g/mol. The number of phosphoric ester groups is 1. The van der Waals surface area contributed by atoms with E-state index in [-0.39, 0.29) is 19.4 Å². The average Bonchev–Trinajstić information content (AvgIpc) is 3.14. The van der Waals surface area contributed by atoms with E-state index in [0.29, 0.717) is 12.8 Å². The molecule has 54 heavy (non-hydrogen) atoms. The quantitative estimate of drug-likeness (QED) is 0.0233. The minimum absolute atomic E-state index is 0.160. The van der Waals surface area contributed by atoms with Crippen LogP contribution in [-0.4, -0.2) is 59.9 Å². The van der Waals surface area contributed by atoms with Gasteiger partial charge in [-0.25, -0.2) is 4.57 Å². The second-order valence-corrected chi connectivity index (χ2v) is 16.3. The molecule has 0 aliphatic rings. The summed E-state index contributed by atoms with van der Waals surface area (Å²) in [6.07, 6.45) is 37.0. The van der Waals surface area contributed by atoms with Crippen LogP contribution in [0.4, 0.5) is 0 Å². The molecule has 0 rings (SSSR count). The summed E-state index contributed by atoms with van der Waals surface area (Å²) in [6, 6.07) is -1.52. The van der Waals surface area contributed by atoms with Crippen molar-refractivity contribution in [2.45, 2.75) is 219 Å². The molecule has 0 spiro atoms. The lowest BCUT2D eigenvalue weighted by molar-refractivity contribution is -0.161. The second kappa shape index (κ2) is 38.1. The second-order valence-electron chi connectivity index (χ2n) is 14.8. The summed E-state index contributed by atoms with van der Waals surface area (Å²) in [7, 11) is -4.71. The summed E-state index contributed by atoms with van der Waals surface area (Å²) in [6.45, 7) is 2.80. The Bertz CT molecular complexity index is 979. The number of carboxylic acids is 1. The van der Waals surface area contributed by atoms with Gasteiger partial charge in [0.2, 0.25) is 0 Å². The van der Waals surface area contributed by atoms with Crippen LogP contribution >= 0.6 is 7.82 Å². The lowest BCUT2D eigenvalue weighted by atomic mass is 10.0. The molecule has 3 atom stereocenters.